The van der Waals surface area contributed by atoms with Gasteiger partial charge in [0, 0.05) is 17.2 Å². The number of halogens is 5. The molecule has 0 aliphatic rings. The predicted octanol–water partition coefficient (Wildman–Crippen LogP) is 2.49. The average molecular weight is 333 g/mol. The Hall–Kier alpha value is -2.84. The van der Waals surface area contributed by atoms with Crippen LogP contribution in [0.5, 0.6) is 11.5 Å². The molecule has 0 radical (unpaired) electrons. The highest BCUT2D eigenvalue weighted by Gasteiger charge is 2.28. The highest BCUT2D eigenvalue weighted by atomic mass is 19.2. The van der Waals surface area contributed by atoms with Gasteiger partial charge < -0.3 is 15.9 Å². The largest absolute Gasteiger partial charge is 0.508 e. The molecule has 0 bridgehead atoms. The van der Waals surface area contributed by atoms with Crippen molar-refractivity contribution in [1.29, 1.82) is 0 Å². The van der Waals surface area contributed by atoms with Crippen LogP contribution >= 0.6 is 0 Å². The molecule has 0 fully saturated rings. The highest BCUT2D eigenvalue weighted by molar-refractivity contribution is 5.79. The van der Waals surface area contributed by atoms with Gasteiger partial charge in [0.25, 0.3) is 0 Å². The number of amides is 1. The fourth-order valence-electron chi connectivity index (χ4n) is 1.99. The lowest BCUT2D eigenvalue weighted by Gasteiger charge is -2.12. The van der Waals surface area contributed by atoms with E-state index in [-0.39, 0.29) is 5.56 Å². The molecule has 0 atom stereocenters. The molecule has 0 heterocycles. The minimum atomic E-state index is -2.21. The molecule has 0 saturated carbocycles. The molecule has 2 aromatic rings. The van der Waals surface area contributed by atoms with Crippen molar-refractivity contribution in [2.24, 2.45) is 5.73 Å². The zero-order valence-electron chi connectivity index (χ0n) is 11.1. The van der Waals surface area contributed by atoms with Crippen LogP contribution in [-0.2, 0) is 11.2 Å². The van der Waals surface area contributed by atoms with Gasteiger partial charge in [0.2, 0.25) is 11.7 Å². The Morgan fingerprint density at radius 1 is 0.957 bits per heavy atom. The number of phenols is 2. The van der Waals surface area contributed by atoms with E-state index in [1.54, 1.807) is 0 Å². The second-order valence-electron chi connectivity index (χ2n) is 4.58. The summed E-state index contributed by atoms with van der Waals surface area (Å²) in [4.78, 5) is 10.9. The van der Waals surface area contributed by atoms with E-state index < -0.39 is 64.0 Å². The van der Waals surface area contributed by atoms with E-state index in [0.717, 1.165) is 0 Å². The molecule has 0 unspecified atom stereocenters. The summed E-state index contributed by atoms with van der Waals surface area (Å²) in [6, 6.07) is 1.07. The number of primary amides is 1. The fourth-order valence-corrected chi connectivity index (χ4v) is 1.99. The van der Waals surface area contributed by atoms with Gasteiger partial charge in [-0.2, -0.15) is 4.39 Å². The van der Waals surface area contributed by atoms with Crippen LogP contribution in [0.4, 0.5) is 22.0 Å². The molecule has 4 nitrogen and oxygen atoms in total. The van der Waals surface area contributed by atoms with Gasteiger partial charge >= 0.3 is 0 Å². The van der Waals surface area contributed by atoms with Gasteiger partial charge in [0.15, 0.2) is 23.2 Å². The minimum absolute atomic E-state index is 0.295. The molecule has 0 aromatic heterocycles. The third kappa shape index (κ3) is 2.77. The van der Waals surface area contributed by atoms with E-state index >= 15 is 0 Å². The summed E-state index contributed by atoms with van der Waals surface area (Å²) < 4.78 is 67.9. The lowest BCUT2D eigenvalue weighted by molar-refractivity contribution is -0.117. The number of rotatable bonds is 3. The molecule has 2 rings (SSSR count). The SMILES string of the molecule is NC(=O)Cc1cc(-c2c(F)c(O)c(F)c(F)c2F)c(F)cc1O. The van der Waals surface area contributed by atoms with E-state index in [4.69, 9.17) is 10.8 Å². The quantitative estimate of drug-likeness (QED) is 0.458. The molecule has 2 aromatic carbocycles. The molecule has 122 valence electrons. The van der Waals surface area contributed by atoms with Crippen molar-refractivity contribution < 1.29 is 37.0 Å². The Balaban J connectivity index is 2.80. The smallest absolute Gasteiger partial charge is 0.221 e. The fraction of sp³-hybridized carbons (Fsp3) is 0.0714. The van der Waals surface area contributed by atoms with E-state index in [1.165, 1.54) is 0 Å². The van der Waals surface area contributed by atoms with Crippen LogP contribution in [0, 0.1) is 29.1 Å². The highest BCUT2D eigenvalue weighted by Crippen LogP contribution is 2.38. The van der Waals surface area contributed by atoms with Gasteiger partial charge in [-0.25, -0.2) is 17.6 Å². The normalized spacial score (nSPS) is 10.8. The molecule has 1 amide bonds. The van der Waals surface area contributed by atoms with Crippen LogP contribution in [0.2, 0.25) is 0 Å². The van der Waals surface area contributed by atoms with Gasteiger partial charge in [-0.15, -0.1) is 0 Å². The van der Waals surface area contributed by atoms with E-state index in [2.05, 4.69) is 0 Å². The molecule has 0 aliphatic heterocycles. The van der Waals surface area contributed by atoms with E-state index in [0.29, 0.717) is 12.1 Å². The van der Waals surface area contributed by atoms with Crippen LogP contribution in [0.25, 0.3) is 11.1 Å². The topological polar surface area (TPSA) is 83.6 Å². The number of carbonyl (C=O) groups excluding carboxylic acids is 1. The van der Waals surface area contributed by atoms with Crippen molar-refractivity contribution in [1.82, 2.24) is 0 Å². The number of phenolic OH excluding ortho intramolecular Hbond substituents is 2. The summed E-state index contributed by atoms with van der Waals surface area (Å²) >= 11 is 0. The molecule has 0 saturated heterocycles. The summed E-state index contributed by atoms with van der Waals surface area (Å²) in [6.07, 6.45) is -0.599. The molecule has 0 spiro atoms. The lowest BCUT2D eigenvalue weighted by atomic mass is 9.98. The molecule has 9 heteroatoms. The average Bonchev–Trinajstić information content (AvgIpc) is 2.47. The van der Waals surface area contributed by atoms with Gasteiger partial charge in [0.05, 0.1) is 12.0 Å². The minimum Gasteiger partial charge on any atom is -0.508 e. The second-order valence-corrected chi connectivity index (χ2v) is 4.58. The Kier molecular flexibility index (Phi) is 4.13. The lowest BCUT2D eigenvalue weighted by Crippen LogP contribution is -2.14. The molecule has 4 N–H and O–H groups in total. The summed E-state index contributed by atoms with van der Waals surface area (Å²) in [7, 11) is 0. The standard InChI is InChI=1S/C14H8F5NO3/c15-6-3-7(21)4(2-8(20)22)1-5(6)9-10(16)12(18)13(19)14(23)11(9)17/h1,3,21,23H,2H2,(H2,20,22). The summed E-state index contributed by atoms with van der Waals surface area (Å²) in [6.45, 7) is 0. The van der Waals surface area contributed by atoms with Crippen molar-refractivity contribution >= 4 is 5.91 Å². The Morgan fingerprint density at radius 3 is 2.13 bits per heavy atom. The van der Waals surface area contributed by atoms with Crippen molar-refractivity contribution in [3.8, 4) is 22.6 Å². The van der Waals surface area contributed by atoms with Crippen molar-refractivity contribution in [3.63, 3.8) is 0 Å². The van der Waals surface area contributed by atoms with Gasteiger partial charge in [-0.1, -0.05) is 0 Å². The Morgan fingerprint density at radius 2 is 1.57 bits per heavy atom. The summed E-state index contributed by atoms with van der Waals surface area (Å²) in [5, 5.41) is 18.6. The van der Waals surface area contributed by atoms with E-state index in [9.17, 15) is 31.9 Å². The van der Waals surface area contributed by atoms with Crippen molar-refractivity contribution in [2.45, 2.75) is 6.42 Å². The zero-order chi connectivity index (χ0) is 17.5. The molecular formula is C14H8F5NO3. The predicted molar refractivity (Wildman–Crippen MR) is 67.9 cm³/mol. The zero-order valence-corrected chi connectivity index (χ0v) is 11.1. The number of hydrogen-bond acceptors (Lipinski definition) is 3. The van der Waals surface area contributed by atoms with Crippen molar-refractivity contribution in [3.05, 3.63) is 46.8 Å². The number of aromatic hydroxyl groups is 2. The second kappa shape index (κ2) is 5.75. The van der Waals surface area contributed by atoms with Crippen LogP contribution in [0.1, 0.15) is 5.56 Å². The molecule has 23 heavy (non-hydrogen) atoms. The first-order valence-electron chi connectivity index (χ1n) is 6.00. The Labute approximate surface area is 125 Å². The maximum atomic E-state index is 13.9. The number of nitrogens with two attached hydrogens (primary N) is 1. The molecular weight excluding hydrogens is 325 g/mol. The third-order valence-electron chi connectivity index (χ3n) is 3.04. The Bertz CT molecular complexity index is 794. The number of hydrogen-bond donors (Lipinski definition) is 3. The maximum absolute atomic E-state index is 13.9. The monoisotopic (exact) mass is 333 g/mol. The first kappa shape index (κ1) is 16.5. The van der Waals surface area contributed by atoms with Gasteiger partial charge in [-0.05, 0) is 6.07 Å². The first-order chi connectivity index (χ1) is 10.6. The summed E-state index contributed by atoms with van der Waals surface area (Å²) in [5.41, 5.74) is 2.30. The summed E-state index contributed by atoms with van der Waals surface area (Å²) in [5.74, 6) is -13.3. The number of carbonyl (C=O) groups is 1. The van der Waals surface area contributed by atoms with Crippen LogP contribution in [-0.4, -0.2) is 16.1 Å². The van der Waals surface area contributed by atoms with Crippen LogP contribution in [0.15, 0.2) is 12.1 Å². The van der Waals surface area contributed by atoms with Gasteiger partial charge in [-0.3, -0.25) is 4.79 Å². The van der Waals surface area contributed by atoms with Crippen LogP contribution < -0.4 is 5.73 Å². The number of benzene rings is 2. The van der Waals surface area contributed by atoms with Crippen molar-refractivity contribution in [2.75, 3.05) is 0 Å². The maximum Gasteiger partial charge on any atom is 0.221 e. The van der Waals surface area contributed by atoms with Gasteiger partial charge in [0.1, 0.15) is 11.6 Å². The first-order valence-corrected chi connectivity index (χ1v) is 6.00. The molecule has 0 aliphatic carbocycles. The van der Waals surface area contributed by atoms with Crippen LogP contribution in [0.3, 0.4) is 0 Å². The van der Waals surface area contributed by atoms with E-state index in [1.807, 2.05) is 0 Å². The third-order valence-corrected chi connectivity index (χ3v) is 3.04.